The second kappa shape index (κ2) is 5.89. The average Bonchev–Trinajstić information content (AvgIpc) is 2.40. The Labute approximate surface area is 117 Å². The highest BCUT2D eigenvalue weighted by Gasteiger charge is 2.09. The zero-order valence-corrected chi connectivity index (χ0v) is 11.6. The number of aromatic nitrogens is 1. The first kappa shape index (κ1) is 14.3. The fourth-order valence-corrected chi connectivity index (χ4v) is 2.32. The van der Waals surface area contributed by atoms with Gasteiger partial charge in [-0.15, -0.1) is 0 Å². The lowest BCUT2D eigenvalue weighted by atomic mass is 10.2. The lowest BCUT2D eigenvalue weighted by Gasteiger charge is -2.10. The molecule has 6 nitrogen and oxygen atoms in total. The Bertz CT molecular complexity index is 687. The summed E-state index contributed by atoms with van der Waals surface area (Å²) in [5, 5.41) is 8.20. The van der Waals surface area contributed by atoms with Gasteiger partial charge >= 0.3 is 0 Å². The molecule has 7 heteroatoms. The number of hydrogen-bond acceptors (Lipinski definition) is 5. The van der Waals surface area contributed by atoms with Crippen LogP contribution in [-0.4, -0.2) is 19.9 Å². The normalized spacial score (nSPS) is 11.2. The first-order valence-electron chi connectivity index (χ1n) is 6.02. The SMILES string of the molecule is Nc1cc(S(N)(=O)=O)ccc1NCCc1ccncc1. The predicted molar refractivity (Wildman–Crippen MR) is 78.7 cm³/mol. The summed E-state index contributed by atoms with van der Waals surface area (Å²) in [5.41, 5.74) is 8.00. The second-order valence-electron chi connectivity index (χ2n) is 4.33. The van der Waals surface area contributed by atoms with Crippen molar-refractivity contribution in [1.82, 2.24) is 4.98 Å². The molecule has 0 unspecified atom stereocenters. The number of anilines is 2. The van der Waals surface area contributed by atoms with Gasteiger partial charge < -0.3 is 11.1 Å². The average molecular weight is 292 g/mol. The summed E-state index contributed by atoms with van der Waals surface area (Å²) in [6, 6.07) is 8.27. The van der Waals surface area contributed by atoms with Crippen molar-refractivity contribution in [3.05, 3.63) is 48.3 Å². The van der Waals surface area contributed by atoms with E-state index in [9.17, 15) is 8.42 Å². The molecular formula is C13H16N4O2S. The van der Waals surface area contributed by atoms with Gasteiger partial charge in [-0.25, -0.2) is 13.6 Å². The largest absolute Gasteiger partial charge is 0.397 e. The molecule has 0 fully saturated rings. The van der Waals surface area contributed by atoms with E-state index in [2.05, 4.69) is 10.3 Å². The molecule has 0 saturated carbocycles. The van der Waals surface area contributed by atoms with E-state index in [1.165, 1.54) is 12.1 Å². The molecule has 0 aliphatic rings. The van der Waals surface area contributed by atoms with Crippen LogP contribution in [0, 0.1) is 0 Å². The molecule has 106 valence electrons. The fourth-order valence-electron chi connectivity index (χ4n) is 1.77. The Balaban J connectivity index is 2.00. The molecule has 1 aromatic carbocycles. The van der Waals surface area contributed by atoms with E-state index in [0.717, 1.165) is 12.0 Å². The van der Waals surface area contributed by atoms with Crippen LogP contribution in [0.3, 0.4) is 0 Å². The summed E-state index contributed by atoms with van der Waals surface area (Å²) >= 11 is 0. The highest BCUT2D eigenvalue weighted by atomic mass is 32.2. The molecule has 0 amide bonds. The van der Waals surface area contributed by atoms with Gasteiger partial charge in [-0.05, 0) is 42.3 Å². The van der Waals surface area contributed by atoms with Crippen LogP contribution in [0.15, 0.2) is 47.6 Å². The van der Waals surface area contributed by atoms with Gasteiger partial charge in [0.15, 0.2) is 0 Å². The summed E-state index contributed by atoms with van der Waals surface area (Å²) in [6.45, 7) is 0.683. The van der Waals surface area contributed by atoms with Gasteiger partial charge in [-0.3, -0.25) is 4.98 Å². The number of nitrogens with two attached hydrogens (primary N) is 2. The molecule has 0 aliphatic carbocycles. The van der Waals surface area contributed by atoms with Gasteiger partial charge in [0.25, 0.3) is 0 Å². The maximum Gasteiger partial charge on any atom is 0.238 e. The quantitative estimate of drug-likeness (QED) is 0.711. The summed E-state index contributed by atoms with van der Waals surface area (Å²) in [7, 11) is -3.72. The number of nitrogen functional groups attached to an aromatic ring is 1. The molecule has 0 aliphatic heterocycles. The number of hydrogen-bond donors (Lipinski definition) is 3. The van der Waals surface area contributed by atoms with Gasteiger partial charge in [0.1, 0.15) is 0 Å². The van der Waals surface area contributed by atoms with Crippen LogP contribution in [0.5, 0.6) is 0 Å². The van der Waals surface area contributed by atoms with Gasteiger partial charge in [0.2, 0.25) is 10.0 Å². The van der Waals surface area contributed by atoms with Crippen LogP contribution < -0.4 is 16.2 Å². The molecule has 0 saturated heterocycles. The number of pyridine rings is 1. The Morgan fingerprint density at radius 3 is 2.45 bits per heavy atom. The van der Waals surface area contributed by atoms with E-state index in [1.54, 1.807) is 18.5 Å². The van der Waals surface area contributed by atoms with Gasteiger partial charge in [0, 0.05) is 18.9 Å². The van der Waals surface area contributed by atoms with Crippen LogP contribution in [0.1, 0.15) is 5.56 Å². The van der Waals surface area contributed by atoms with E-state index in [-0.39, 0.29) is 4.90 Å². The molecule has 1 aromatic heterocycles. The van der Waals surface area contributed by atoms with Crippen molar-refractivity contribution in [2.24, 2.45) is 5.14 Å². The summed E-state index contributed by atoms with van der Waals surface area (Å²) in [6.07, 6.45) is 4.30. The van der Waals surface area contributed by atoms with Crippen LogP contribution in [0.25, 0.3) is 0 Å². The lowest BCUT2D eigenvalue weighted by molar-refractivity contribution is 0.598. The maximum absolute atomic E-state index is 11.2. The summed E-state index contributed by atoms with van der Waals surface area (Å²) in [4.78, 5) is 3.96. The van der Waals surface area contributed by atoms with Crippen molar-refractivity contribution < 1.29 is 8.42 Å². The van der Waals surface area contributed by atoms with Crippen LogP contribution in [0.4, 0.5) is 11.4 Å². The summed E-state index contributed by atoms with van der Waals surface area (Å²) in [5.74, 6) is 0. The molecule has 1 heterocycles. The third-order valence-corrected chi connectivity index (χ3v) is 3.74. The van der Waals surface area contributed by atoms with Crippen LogP contribution in [-0.2, 0) is 16.4 Å². The van der Waals surface area contributed by atoms with E-state index in [1.807, 2.05) is 12.1 Å². The molecule has 2 rings (SSSR count). The lowest BCUT2D eigenvalue weighted by Crippen LogP contribution is -2.13. The Kier molecular flexibility index (Phi) is 4.21. The van der Waals surface area contributed by atoms with Gasteiger partial charge in [0.05, 0.1) is 16.3 Å². The number of sulfonamides is 1. The molecular weight excluding hydrogens is 276 g/mol. The number of nitrogens with zero attached hydrogens (tertiary/aromatic N) is 1. The van der Waals surface area contributed by atoms with E-state index in [0.29, 0.717) is 17.9 Å². The van der Waals surface area contributed by atoms with Crippen LogP contribution >= 0.6 is 0 Å². The second-order valence-corrected chi connectivity index (χ2v) is 5.89. The zero-order valence-electron chi connectivity index (χ0n) is 10.8. The molecule has 2 aromatic rings. The van der Waals surface area contributed by atoms with Crippen LogP contribution in [0.2, 0.25) is 0 Å². The smallest absolute Gasteiger partial charge is 0.238 e. The van der Waals surface area contributed by atoms with E-state index < -0.39 is 10.0 Å². The molecule has 0 bridgehead atoms. The first-order valence-corrected chi connectivity index (χ1v) is 7.56. The summed E-state index contributed by atoms with van der Waals surface area (Å²) < 4.78 is 22.4. The number of nitrogens with one attached hydrogen (secondary N) is 1. The Morgan fingerprint density at radius 2 is 1.85 bits per heavy atom. The number of rotatable bonds is 5. The molecule has 0 atom stereocenters. The van der Waals surface area contributed by atoms with Crippen molar-refractivity contribution in [2.75, 3.05) is 17.6 Å². The molecule has 20 heavy (non-hydrogen) atoms. The highest BCUT2D eigenvalue weighted by molar-refractivity contribution is 7.89. The van der Waals surface area contributed by atoms with Crippen molar-refractivity contribution in [3.63, 3.8) is 0 Å². The molecule has 5 N–H and O–H groups in total. The van der Waals surface area contributed by atoms with Crippen molar-refractivity contribution in [2.45, 2.75) is 11.3 Å². The third kappa shape index (κ3) is 3.69. The molecule has 0 spiro atoms. The van der Waals surface area contributed by atoms with Crippen molar-refractivity contribution >= 4 is 21.4 Å². The standard InChI is InChI=1S/C13H16N4O2S/c14-12-9-11(20(15,18)19)1-2-13(12)17-8-5-10-3-6-16-7-4-10/h1-4,6-7,9,17H,5,8,14H2,(H2,15,18,19). The minimum atomic E-state index is -3.72. The van der Waals surface area contributed by atoms with E-state index >= 15 is 0 Å². The highest BCUT2D eigenvalue weighted by Crippen LogP contribution is 2.21. The minimum Gasteiger partial charge on any atom is -0.397 e. The molecule has 0 radical (unpaired) electrons. The Morgan fingerprint density at radius 1 is 1.15 bits per heavy atom. The van der Waals surface area contributed by atoms with Crippen molar-refractivity contribution in [3.8, 4) is 0 Å². The Hall–Kier alpha value is -2.12. The topological polar surface area (TPSA) is 111 Å². The van der Waals surface area contributed by atoms with Crippen molar-refractivity contribution in [1.29, 1.82) is 0 Å². The van der Waals surface area contributed by atoms with Gasteiger partial charge in [-0.1, -0.05) is 0 Å². The predicted octanol–water partition coefficient (Wildman–Crippen LogP) is 0.966. The number of benzene rings is 1. The third-order valence-electron chi connectivity index (χ3n) is 2.83. The monoisotopic (exact) mass is 292 g/mol. The van der Waals surface area contributed by atoms with Gasteiger partial charge in [-0.2, -0.15) is 0 Å². The zero-order chi connectivity index (χ0) is 14.6. The first-order chi connectivity index (χ1) is 9.47. The fraction of sp³-hybridized carbons (Fsp3) is 0.154. The maximum atomic E-state index is 11.2. The van der Waals surface area contributed by atoms with E-state index in [4.69, 9.17) is 10.9 Å². The minimum absolute atomic E-state index is 0.00897. The number of primary sulfonamides is 1.